The number of hydrogen-bond donors (Lipinski definition) is 2. The summed E-state index contributed by atoms with van der Waals surface area (Å²) in [6, 6.07) is 7.35. The highest BCUT2D eigenvalue weighted by atomic mass is 19.4. The van der Waals surface area contributed by atoms with Crippen molar-refractivity contribution in [3.63, 3.8) is 0 Å². The Morgan fingerprint density at radius 3 is 2.40 bits per heavy atom. The highest BCUT2D eigenvalue weighted by Crippen LogP contribution is 2.22. The average Bonchev–Trinajstić information content (AvgIpc) is 2.73. The Labute approximate surface area is 172 Å². The molecule has 3 N–H and O–H groups in total. The van der Waals surface area contributed by atoms with Crippen LogP contribution in [0.2, 0.25) is 0 Å². The Kier molecular flexibility index (Phi) is 7.28. The van der Waals surface area contributed by atoms with Crippen LogP contribution in [-0.4, -0.2) is 66.5 Å². The minimum Gasteiger partial charge on any atom is -0.406 e. The van der Waals surface area contributed by atoms with Gasteiger partial charge in [0, 0.05) is 51.7 Å². The number of halogens is 3. The lowest BCUT2D eigenvalue weighted by Gasteiger charge is -2.34. The van der Waals surface area contributed by atoms with Crippen molar-refractivity contribution < 1.29 is 17.9 Å². The summed E-state index contributed by atoms with van der Waals surface area (Å²) in [6.07, 6.45) is -1.22. The van der Waals surface area contributed by atoms with Gasteiger partial charge in [-0.05, 0) is 23.8 Å². The lowest BCUT2D eigenvalue weighted by molar-refractivity contribution is -0.274. The summed E-state index contributed by atoms with van der Waals surface area (Å²) >= 11 is 0. The first-order valence-electron chi connectivity index (χ1n) is 9.52. The summed E-state index contributed by atoms with van der Waals surface area (Å²) in [4.78, 5) is 17.2. The number of rotatable bonds is 7. The van der Waals surface area contributed by atoms with E-state index in [0.717, 1.165) is 44.2 Å². The van der Waals surface area contributed by atoms with Gasteiger partial charge in [-0.25, -0.2) is 15.0 Å². The zero-order chi connectivity index (χ0) is 21.4. The summed E-state index contributed by atoms with van der Waals surface area (Å²) in [7, 11) is 0. The van der Waals surface area contributed by atoms with E-state index >= 15 is 0 Å². The number of aromatic nitrogens is 2. The fourth-order valence-electron chi connectivity index (χ4n) is 3.00. The van der Waals surface area contributed by atoms with Crippen LogP contribution in [0, 0.1) is 0 Å². The van der Waals surface area contributed by atoms with Crippen LogP contribution in [0.1, 0.15) is 5.56 Å². The number of benzene rings is 1. The van der Waals surface area contributed by atoms with Crippen molar-refractivity contribution in [2.45, 2.75) is 12.9 Å². The van der Waals surface area contributed by atoms with Crippen LogP contribution in [0.4, 0.5) is 19.1 Å². The molecule has 1 aliphatic heterocycles. The molecule has 0 unspecified atom stereocenters. The first-order chi connectivity index (χ1) is 14.4. The number of anilines is 1. The van der Waals surface area contributed by atoms with Crippen molar-refractivity contribution >= 4 is 11.9 Å². The fourth-order valence-corrected chi connectivity index (χ4v) is 3.00. The first-order valence-corrected chi connectivity index (χ1v) is 9.52. The van der Waals surface area contributed by atoms with Gasteiger partial charge in [-0.15, -0.1) is 13.2 Å². The second-order valence-corrected chi connectivity index (χ2v) is 6.70. The van der Waals surface area contributed by atoms with Crippen molar-refractivity contribution in [3.8, 4) is 5.75 Å². The third-order valence-corrected chi connectivity index (χ3v) is 4.53. The molecular weight excluding hydrogens is 399 g/mol. The second-order valence-electron chi connectivity index (χ2n) is 6.70. The van der Waals surface area contributed by atoms with Gasteiger partial charge in [0.05, 0.1) is 6.54 Å². The maximum absolute atomic E-state index is 12.2. The minimum atomic E-state index is -4.70. The number of nitrogens with one attached hydrogen (secondary N) is 1. The summed E-state index contributed by atoms with van der Waals surface area (Å²) < 4.78 is 40.3. The van der Waals surface area contributed by atoms with Crippen LogP contribution in [-0.2, 0) is 6.54 Å². The summed E-state index contributed by atoms with van der Waals surface area (Å²) in [5.74, 6) is 0.784. The van der Waals surface area contributed by atoms with Gasteiger partial charge in [-0.3, -0.25) is 4.90 Å². The van der Waals surface area contributed by atoms with E-state index in [1.807, 2.05) is 0 Å². The maximum atomic E-state index is 12.2. The number of guanidine groups is 1. The number of ether oxygens (including phenoxy) is 1. The van der Waals surface area contributed by atoms with Gasteiger partial charge in [0.2, 0.25) is 5.95 Å². The number of piperazine rings is 1. The van der Waals surface area contributed by atoms with Crippen molar-refractivity contribution in [2.24, 2.45) is 10.7 Å². The maximum Gasteiger partial charge on any atom is 0.573 e. The monoisotopic (exact) mass is 423 g/mol. The molecule has 11 heteroatoms. The third kappa shape index (κ3) is 7.07. The van der Waals surface area contributed by atoms with E-state index < -0.39 is 6.36 Å². The Balaban J connectivity index is 1.35. The Bertz CT molecular complexity index is 807. The molecule has 2 aromatic rings. The SMILES string of the molecule is NC(=NCc1ccc(OC(F)(F)F)cc1)NCCN1CCN(c2ncccn2)CC1. The zero-order valence-electron chi connectivity index (χ0n) is 16.3. The molecule has 1 fully saturated rings. The predicted molar refractivity (Wildman–Crippen MR) is 107 cm³/mol. The summed E-state index contributed by atoms with van der Waals surface area (Å²) in [5, 5.41) is 3.06. The molecule has 162 valence electrons. The van der Waals surface area contributed by atoms with E-state index in [4.69, 9.17) is 5.73 Å². The molecule has 0 aliphatic carbocycles. The molecule has 30 heavy (non-hydrogen) atoms. The smallest absolute Gasteiger partial charge is 0.406 e. The topological polar surface area (TPSA) is 91.9 Å². The van der Waals surface area contributed by atoms with Gasteiger partial charge in [0.15, 0.2) is 5.96 Å². The molecule has 1 aromatic carbocycles. The van der Waals surface area contributed by atoms with Crippen LogP contribution >= 0.6 is 0 Å². The fraction of sp³-hybridized carbons (Fsp3) is 0.421. The Morgan fingerprint density at radius 2 is 1.77 bits per heavy atom. The van der Waals surface area contributed by atoms with Gasteiger partial charge in [-0.2, -0.15) is 0 Å². The molecule has 0 saturated carbocycles. The van der Waals surface area contributed by atoms with E-state index in [2.05, 4.69) is 34.8 Å². The van der Waals surface area contributed by atoms with E-state index in [1.165, 1.54) is 24.3 Å². The van der Waals surface area contributed by atoms with Crippen LogP contribution in [0.15, 0.2) is 47.7 Å². The molecule has 2 heterocycles. The molecule has 0 radical (unpaired) electrons. The predicted octanol–water partition coefficient (Wildman–Crippen LogP) is 1.60. The highest BCUT2D eigenvalue weighted by molar-refractivity contribution is 5.77. The standard InChI is InChI=1S/C19H24F3N7O/c20-19(21,22)30-16-4-2-15(3-5-16)14-27-17(23)24-8-9-28-10-12-29(13-11-28)18-25-6-1-7-26-18/h1-7H,8-14H2,(H3,23,24,27). The first kappa shape index (κ1) is 21.6. The number of nitrogens with zero attached hydrogens (tertiary/aromatic N) is 5. The number of hydrogen-bond acceptors (Lipinski definition) is 6. The number of aliphatic imine (C=N–C) groups is 1. The number of alkyl halides is 3. The molecule has 8 nitrogen and oxygen atoms in total. The van der Waals surface area contributed by atoms with E-state index in [1.54, 1.807) is 18.5 Å². The Morgan fingerprint density at radius 1 is 1.10 bits per heavy atom. The lowest BCUT2D eigenvalue weighted by atomic mass is 10.2. The van der Waals surface area contributed by atoms with Gasteiger partial charge in [-0.1, -0.05) is 12.1 Å². The number of nitrogens with two attached hydrogens (primary N) is 1. The van der Waals surface area contributed by atoms with Crippen molar-refractivity contribution in [3.05, 3.63) is 48.3 Å². The van der Waals surface area contributed by atoms with E-state index in [9.17, 15) is 13.2 Å². The zero-order valence-corrected chi connectivity index (χ0v) is 16.3. The molecule has 0 amide bonds. The molecule has 1 saturated heterocycles. The van der Waals surface area contributed by atoms with Crippen LogP contribution in [0.25, 0.3) is 0 Å². The normalized spacial score (nSPS) is 15.8. The minimum absolute atomic E-state index is 0.264. The van der Waals surface area contributed by atoms with Crippen LogP contribution in [0.5, 0.6) is 5.75 Å². The summed E-state index contributed by atoms with van der Waals surface area (Å²) in [5.41, 5.74) is 6.60. The van der Waals surface area contributed by atoms with Crippen molar-refractivity contribution in [2.75, 3.05) is 44.2 Å². The van der Waals surface area contributed by atoms with Gasteiger partial charge < -0.3 is 20.7 Å². The molecular formula is C19H24F3N7O. The van der Waals surface area contributed by atoms with Gasteiger partial charge in [0.25, 0.3) is 0 Å². The van der Waals surface area contributed by atoms with Crippen molar-refractivity contribution in [1.82, 2.24) is 20.2 Å². The van der Waals surface area contributed by atoms with Crippen LogP contribution in [0.3, 0.4) is 0 Å². The largest absolute Gasteiger partial charge is 0.573 e. The van der Waals surface area contributed by atoms with Gasteiger partial charge >= 0.3 is 6.36 Å². The quantitative estimate of drug-likeness (QED) is 0.516. The highest BCUT2D eigenvalue weighted by Gasteiger charge is 2.30. The molecule has 0 atom stereocenters. The third-order valence-electron chi connectivity index (χ3n) is 4.53. The molecule has 0 bridgehead atoms. The molecule has 1 aliphatic rings. The lowest BCUT2D eigenvalue weighted by Crippen LogP contribution is -2.49. The van der Waals surface area contributed by atoms with E-state index in [-0.39, 0.29) is 12.3 Å². The van der Waals surface area contributed by atoms with Crippen molar-refractivity contribution in [1.29, 1.82) is 0 Å². The van der Waals surface area contributed by atoms with Crippen LogP contribution < -0.4 is 20.7 Å². The molecule has 3 rings (SSSR count). The van der Waals surface area contributed by atoms with Gasteiger partial charge in [0.1, 0.15) is 5.75 Å². The molecule has 0 spiro atoms. The Hall–Kier alpha value is -3.08. The average molecular weight is 423 g/mol. The van der Waals surface area contributed by atoms with E-state index in [0.29, 0.717) is 12.5 Å². The summed E-state index contributed by atoms with van der Waals surface area (Å²) in [6.45, 7) is 5.27. The second kappa shape index (κ2) is 10.1. The molecule has 1 aromatic heterocycles.